The lowest BCUT2D eigenvalue weighted by atomic mass is 9.80. The van der Waals surface area contributed by atoms with Crippen LogP contribution in [0.15, 0.2) is 0 Å². The Morgan fingerprint density at radius 1 is 1.44 bits per heavy atom. The van der Waals surface area contributed by atoms with Crippen molar-refractivity contribution in [2.45, 2.75) is 38.8 Å². The Morgan fingerprint density at radius 3 is 2.67 bits per heavy atom. The first-order valence-corrected chi connectivity index (χ1v) is 6.78. The van der Waals surface area contributed by atoms with Crippen LogP contribution in [-0.4, -0.2) is 24.5 Å². The van der Waals surface area contributed by atoms with Crippen LogP contribution in [0.25, 0.3) is 0 Å². The van der Waals surface area contributed by atoms with E-state index < -0.39 is 18.0 Å². The molecule has 0 aromatic rings. The molecule has 1 aliphatic carbocycles. The van der Waals surface area contributed by atoms with Crippen molar-refractivity contribution >= 4 is 17.5 Å². The standard InChI is InChI=1S/C12H19ClF3NO/c1-8(6-13)7-17-11(18)9-3-2-4-10(5-9)12(14,15)16/h8-10H,2-7H2,1H3,(H,17,18). The van der Waals surface area contributed by atoms with Crippen molar-refractivity contribution in [1.82, 2.24) is 5.32 Å². The summed E-state index contributed by atoms with van der Waals surface area (Å²) in [7, 11) is 0. The second-order valence-corrected chi connectivity index (χ2v) is 5.42. The lowest BCUT2D eigenvalue weighted by molar-refractivity contribution is -0.186. The summed E-state index contributed by atoms with van der Waals surface area (Å²) in [4.78, 5) is 11.8. The first-order valence-electron chi connectivity index (χ1n) is 6.25. The number of carbonyl (C=O) groups is 1. The first kappa shape index (κ1) is 15.6. The molecule has 6 heteroatoms. The van der Waals surface area contributed by atoms with Crippen LogP contribution >= 0.6 is 11.6 Å². The van der Waals surface area contributed by atoms with E-state index in [1.54, 1.807) is 0 Å². The molecule has 0 spiro atoms. The lowest BCUT2D eigenvalue weighted by Gasteiger charge is -2.29. The van der Waals surface area contributed by atoms with Crippen LogP contribution in [0.2, 0.25) is 0 Å². The highest BCUT2D eigenvalue weighted by Crippen LogP contribution is 2.39. The van der Waals surface area contributed by atoms with Crippen LogP contribution in [0.1, 0.15) is 32.6 Å². The van der Waals surface area contributed by atoms with Gasteiger partial charge in [0.05, 0.1) is 5.92 Å². The Kier molecular flexibility index (Phi) is 5.76. The molecule has 3 atom stereocenters. The maximum Gasteiger partial charge on any atom is 0.391 e. The molecule has 0 heterocycles. The molecule has 0 radical (unpaired) electrons. The molecule has 0 aromatic carbocycles. The van der Waals surface area contributed by atoms with E-state index in [1.807, 2.05) is 6.92 Å². The third-order valence-electron chi connectivity index (χ3n) is 3.40. The highest BCUT2D eigenvalue weighted by atomic mass is 35.5. The molecule has 0 aromatic heterocycles. The normalized spacial score (nSPS) is 26.7. The van der Waals surface area contributed by atoms with E-state index in [0.717, 1.165) is 0 Å². The summed E-state index contributed by atoms with van der Waals surface area (Å²) >= 11 is 5.60. The molecular weight excluding hydrogens is 267 g/mol. The maximum atomic E-state index is 12.6. The van der Waals surface area contributed by atoms with Gasteiger partial charge in [-0.3, -0.25) is 4.79 Å². The SMILES string of the molecule is CC(CCl)CNC(=O)C1CCCC(C(F)(F)F)C1. The van der Waals surface area contributed by atoms with Gasteiger partial charge in [-0.15, -0.1) is 11.6 Å². The maximum absolute atomic E-state index is 12.6. The van der Waals surface area contributed by atoms with Crippen molar-refractivity contribution in [2.24, 2.45) is 17.8 Å². The minimum absolute atomic E-state index is 0.0788. The molecule has 0 saturated heterocycles. The van der Waals surface area contributed by atoms with E-state index in [-0.39, 0.29) is 24.7 Å². The summed E-state index contributed by atoms with van der Waals surface area (Å²) in [5.74, 6) is -1.53. The molecule has 18 heavy (non-hydrogen) atoms. The van der Waals surface area contributed by atoms with Crippen LogP contribution in [0.5, 0.6) is 0 Å². The average Bonchev–Trinajstić information content (AvgIpc) is 2.34. The van der Waals surface area contributed by atoms with Crippen LogP contribution in [0, 0.1) is 17.8 Å². The molecule has 0 aliphatic heterocycles. The molecule has 2 nitrogen and oxygen atoms in total. The van der Waals surface area contributed by atoms with Gasteiger partial charge in [-0.2, -0.15) is 13.2 Å². The Morgan fingerprint density at radius 2 is 2.11 bits per heavy atom. The molecule has 1 fully saturated rings. The molecule has 1 rings (SSSR count). The zero-order valence-electron chi connectivity index (χ0n) is 10.4. The summed E-state index contributed by atoms with van der Waals surface area (Å²) in [6, 6.07) is 0. The second-order valence-electron chi connectivity index (χ2n) is 5.11. The Labute approximate surface area is 110 Å². The summed E-state index contributed by atoms with van der Waals surface area (Å²) in [6.45, 7) is 2.31. The van der Waals surface area contributed by atoms with Gasteiger partial charge in [0, 0.05) is 18.3 Å². The van der Waals surface area contributed by atoms with Gasteiger partial charge in [-0.1, -0.05) is 13.3 Å². The topological polar surface area (TPSA) is 29.1 Å². The largest absolute Gasteiger partial charge is 0.391 e. The van der Waals surface area contributed by atoms with Gasteiger partial charge in [0.1, 0.15) is 0 Å². The minimum Gasteiger partial charge on any atom is -0.356 e. The van der Waals surface area contributed by atoms with E-state index in [2.05, 4.69) is 5.32 Å². The number of nitrogens with one attached hydrogen (secondary N) is 1. The third-order valence-corrected chi connectivity index (χ3v) is 3.92. The number of carbonyl (C=O) groups excluding carboxylic acids is 1. The summed E-state index contributed by atoms with van der Waals surface area (Å²) in [5, 5.41) is 2.68. The fraction of sp³-hybridized carbons (Fsp3) is 0.917. The summed E-state index contributed by atoms with van der Waals surface area (Å²) < 4.78 is 37.8. The highest BCUT2D eigenvalue weighted by molar-refractivity contribution is 6.18. The number of hydrogen-bond acceptors (Lipinski definition) is 1. The Hall–Kier alpha value is -0.450. The lowest BCUT2D eigenvalue weighted by Crippen LogP contribution is -2.39. The summed E-state index contributed by atoms with van der Waals surface area (Å²) in [5.41, 5.74) is 0. The van der Waals surface area contributed by atoms with E-state index >= 15 is 0 Å². The minimum atomic E-state index is -4.18. The Balaban J connectivity index is 2.44. The van der Waals surface area contributed by atoms with E-state index in [4.69, 9.17) is 11.6 Å². The van der Waals surface area contributed by atoms with Crippen LogP contribution in [-0.2, 0) is 4.79 Å². The average molecular weight is 286 g/mol. The second kappa shape index (κ2) is 6.64. The molecule has 3 unspecified atom stereocenters. The Bertz CT molecular complexity index is 283. The fourth-order valence-corrected chi connectivity index (χ4v) is 2.31. The van der Waals surface area contributed by atoms with Gasteiger partial charge in [0.25, 0.3) is 0 Å². The van der Waals surface area contributed by atoms with Crippen LogP contribution in [0.4, 0.5) is 13.2 Å². The zero-order valence-corrected chi connectivity index (χ0v) is 11.2. The van der Waals surface area contributed by atoms with E-state index in [1.165, 1.54) is 0 Å². The van der Waals surface area contributed by atoms with E-state index in [9.17, 15) is 18.0 Å². The monoisotopic (exact) mass is 285 g/mol. The molecule has 1 amide bonds. The quantitative estimate of drug-likeness (QED) is 0.789. The molecule has 1 aliphatic rings. The van der Waals surface area contributed by atoms with Crippen molar-refractivity contribution in [2.75, 3.05) is 12.4 Å². The van der Waals surface area contributed by atoms with Crippen LogP contribution in [0.3, 0.4) is 0 Å². The van der Waals surface area contributed by atoms with Crippen molar-refractivity contribution in [3.05, 3.63) is 0 Å². The van der Waals surface area contributed by atoms with Gasteiger partial charge < -0.3 is 5.32 Å². The molecular formula is C12H19ClF3NO. The van der Waals surface area contributed by atoms with Crippen molar-refractivity contribution in [3.63, 3.8) is 0 Å². The van der Waals surface area contributed by atoms with Crippen molar-refractivity contribution in [1.29, 1.82) is 0 Å². The first-order chi connectivity index (χ1) is 8.34. The fourth-order valence-electron chi connectivity index (χ4n) is 2.20. The number of rotatable bonds is 4. The highest BCUT2D eigenvalue weighted by Gasteiger charge is 2.43. The van der Waals surface area contributed by atoms with Crippen LogP contribution < -0.4 is 5.32 Å². The molecule has 1 N–H and O–H groups in total. The third kappa shape index (κ3) is 4.67. The van der Waals surface area contributed by atoms with Gasteiger partial charge >= 0.3 is 6.18 Å². The van der Waals surface area contributed by atoms with E-state index in [0.29, 0.717) is 25.3 Å². The van der Waals surface area contributed by atoms with Gasteiger partial charge in [-0.05, 0) is 25.2 Å². The predicted octanol–water partition coefficient (Wildman–Crippen LogP) is 3.35. The molecule has 1 saturated carbocycles. The predicted molar refractivity (Wildman–Crippen MR) is 64.4 cm³/mol. The zero-order chi connectivity index (χ0) is 13.8. The van der Waals surface area contributed by atoms with Gasteiger partial charge in [0.2, 0.25) is 5.91 Å². The smallest absolute Gasteiger partial charge is 0.356 e. The molecule has 0 bridgehead atoms. The number of alkyl halides is 4. The van der Waals surface area contributed by atoms with Crippen molar-refractivity contribution < 1.29 is 18.0 Å². The number of hydrogen-bond donors (Lipinski definition) is 1. The van der Waals surface area contributed by atoms with Crippen molar-refractivity contribution in [3.8, 4) is 0 Å². The van der Waals surface area contributed by atoms with Gasteiger partial charge in [0.15, 0.2) is 0 Å². The van der Waals surface area contributed by atoms with Gasteiger partial charge in [-0.25, -0.2) is 0 Å². The summed E-state index contributed by atoms with van der Waals surface area (Å²) in [6.07, 6.45) is -3.10. The number of amides is 1. The molecule has 106 valence electrons. The number of halogens is 4.